The Hall–Kier alpha value is -0.400. The largest absolute Gasteiger partial charge is 0.341 e. The number of rotatable bonds is 2. The summed E-state index contributed by atoms with van der Waals surface area (Å²) in [5.41, 5.74) is 2.50. The maximum atomic E-state index is 5.63. The highest BCUT2D eigenvalue weighted by atomic mass is 79.9. The van der Waals surface area contributed by atoms with Gasteiger partial charge in [-0.1, -0.05) is 80.1 Å². The van der Waals surface area contributed by atoms with Crippen LogP contribution in [0.4, 0.5) is 0 Å². The van der Waals surface area contributed by atoms with Crippen molar-refractivity contribution >= 4 is 60.2 Å². The zero-order valence-corrected chi connectivity index (χ0v) is 17.5. The van der Waals surface area contributed by atoms with Crippen molar-refractivity contribution in [3.8, 4) is 0 Å². The maximum Gasteiger partial charge on any atom is 0.139 e. The summed E-state index contributed by atoms with van der Waals surface area (Å²) in [4.78, 5) is 4.53. The van der Waals surface area contributed by atoms with E-state index in [1.54, 1.807) is 11.8 Å². The van der Waals surface area contributed by atoms with Gasteiger partial charge >= 0.3 is 0 Å². The van der Waals surface area contributed by atoms with Crippen molar-refractivity contribution in [3.63, 3.8) is 0 Å². The van der Waals surface area contributed by atoms with Gasteiger partial charge in [0.05, 0.1) is 5.37 Å². The number of hydrogen-bond donors (Lipinski definition) is 0. The van der Waals surface area contributed by atoms with Crippen molar-refractivity contribution in [1.29, 1.82) is 0 Å². The summed E-state index contributed by atoms with van der Waals surface area (Å²) < 4.78 is 3.10. The standard InChI is InChI=1S/C17H16Br2N2S2/c1-20-15(11-3-7-13(18)8-4-11)21(2)17(22)23-16(20)12-5-9-14(19)10-6-12/h3-10,15-16H,1-2H3/t15-,16-/m0/s1. The lowest BCUT2D eigenvalue weighted by atomic mass is 10.1. The van der Waals surface area contributed by atoms with Crippen LogP contribution in [0.15, 0.2) is 57.5 Å². The van der Waals surface area contributed by atoms with E-state index in [0.717, 1.165) is 13.3 Å². The summed E-state index contributed by atoms with van der Waals surface area (Å²) in [5, 5.41) is 0.209. The molecule has 120 valence electrons. The second kappa shape index (κ2) is 7.23. The summed E-state index contributed by atoms with van der Waals surface area (Å²) in [6, 6.07) is 16.9. The van der Waals surface area contributed by atoms with Crippen LogP contribution >= 0.6 is 55.8 Å². The van der Waals surface area contributed by atoms with Crippen LogP contribution in [-0.2, 0) is 0 Å². The third-order valence-electron chi connectivity index (χ3n) is 3.95. The number of thioether (sulfide) groups is 1. The first kappa shape index (κ1) is 17.4. The Labute approximate surface area is 163 Å². The third-order valence-corrected chi connectivity index (χ3v) is 6.90. The molecule has 6 heteroatoms. The normalized spacial score (nSPS) is 22.4. The van der Waals surface area contributed by atoms with Gasteiger partial charge < -0.3 is 4.90 Å². The first-order chi connectivity index (χ1) is 11.0. The first-order valence-corrected chi connectivity index (χ1v) is 10.0. The molecule has 1 aliphatic rings. The quantitative estimate of drug-likeness (QED) is 0.510. The number of halogens is 2. The Morgan fingerprint density at radius 1 is 0.870 bits per heavy atom. The molecule has 0 bridgehead atoms. The van der Waals surface area contributed by atoms with E-state index in [1.165, 1.54) is 11.1 Å². The van der Waals surface area contributed by atoms with E-state index in [-0.39, 0.29) is 11.5 Å². The van der Waals surface area contributed by atoms with Crippen molar-refractivity contribution in [2.24, 2.45) is 0 Å². The van der Waals surface area contributed by atoms with E-state index in [0.29, 0.717) is 0 Å². The van der Waals surface area contributed by atoms with Gasteiger partial charge in [0.25, 0.3) is 0 Å². The molecule has 1 fully saturated rings. The molecule has 0 saturated carbocycles. The van der Waals surface area contributed by atoms with Crippen LogP contribution in [-0.4, -0.2) is 28.2 Å². The lowest BCUT2D eigenvalue weighted by Gasteiger charge is -2.46. The Bertz CT molecular complexity index is 704. The number of nitrogens with zero attached hydrogens (tertiary/aromatic N) is 2. The minimum Gasteiger partial charge on any atom is -0.341 e. The smallest absolute Gasteiger partial charge is 0.139 e. The predicted molar refractivity (Wildman–Crippen MR) is 109 cm³/mol. The molecular weight excluding hydrogens is 456 g/mol. The highest BCUT2D eigenvalue weighted by Gasteiger charge is 2.36. The van der Waals surface area contributed by atoms with E-state index >= 15 is 0 Å². The zero-order chi connectivity index (χ0) is 16.6. The summed E-state index contributed by atoms with van der Waals surface area (Å²) in [7, 11) is 4.22. The molecule has 0 aliphatic carbocycles. The Morgan fingerprint density at radius 3 is 1.87 bits per heavy atom. The molecule has 2 aromatic rings. The molecule has 2 nitrogen and oxygen atoms in total. The molecule has 2 aromatic carbocycles. The van der Waals surface area contributed by atoms with Gasteiger partial charge in [-0.15, -0.1) is 0 Å². The van der Waals surface area contributed by atoms with E-state index < -0.39 is 0 Å². The SMILES string of the molecule is CN1C(=S)S[C@@H](c2ccc(Br)cc2)N(C)[C@@H]1c1ccc(Br)cc1. The Morgan fingerprint density at radius 2 is 1.35 bits per heavy atom. The fraction of sp³-hybridized carbons (Fsp3) is 0.235. The predicted octanol–water partition coefficient (Wildman–Crippen LogP) is 5.80. The van der Waals surface area contributed by atoms with Gasteiger partial charge in [-0.25, -0.2) is 0 Å². The third kappa shape index (κ3) is 3.66. The number of benzene rings is 2. The molecule has 1 aliphatic heterocycles. The molecule has 0 amide bonds. The lowest BCUT2D eigenvalue weighted by molar-refractivity contribution is 0.122. The molecule has 0 N–H and O–H groups in total. The minimum atomic E-state index is 0.130. The number of thiocarbonyl (C=S) groups is 1. The van der Waals surface area contributed by atoms with E-state index in [1.807, 2.05) is 0 Å². The molecule has 1 heterocycles. The average molecular weight is 472 g/mol. The highest BCUT2D eigenvalue weighted by Crippen LogP contribution is 2.45. The maximum absolute atomic E-state index is 5.63. The summed E-state index contributed by atoms with van der Waals surface area (Å²) in [6.45, 7) is 0. The fourth-order valence-corrected chi connectivity index (χ4v) is 4.72. The topological polar surface area (TPSA) is 6.48 Å². The van der Waals surface area contributed by atoms with Gasteiger partial charge in [0.15, 0.2) is 0 Å². The van der Waals surface area contributed by atoms with Gasteiger partial charge in [-0.2, -0.15) is 0 Å². The van der Waals surface area contributed by atoms with Gasteiger partial charge in [0.1, 0.15) is 10.5 Å². The molecule has 0 aromatic heterocycles. The fourth-order valence-electron chi connectivity index (χ4n) is 2.79. The van der Waals surface area contributed by atoms with E-state index in [4.69, 9.17) is 12.2 Å². The molecular formula is C17H16Br2N2S2. The van der Waals surface area contributed by atoms with Crippen molar-refractivity contribution in [1.82, 2.24) is 9.80 Å². The monoisotopic (exact) mass is 470 g/mol. The molecule has 0 radical (unpaired) electrons. The van der Waals surface area contributed by atoms with Crippen LogP contribution in [0, 0.1) is 0 Å². The minimum absolute atomic E-state index is 0.130. The Balaban J connectivity index is 1.96. The van der Waals surface area contributed by atoms with E-state index in [9.17, 15) is 0 Å². The van der Waals surface area contributed by atoms with Crippen LogP contribution in [0.2, 0.25) is 0 Å². The summed E-state index contributed by atoms with van der Waals surface area (Å²) >= 11 is 14.4. The van der Waals surface area contributed by atoms with Crippen LogP contribution in [0.5, 0.6) is 0 Å². The summed E-state index contributed by atoms with van der Waals surface area (Å²) in [5.74, 6) is 0. The second-order valence-electron chi connectivity index (χ2n) is 5.49. The molecule has 0 unspecified atom stereocenters. The van der Waals surface area contributed by atoms with Gasteiger partial charge in [0, 0.05) is 16.0 Å². The van der Waals surface area contributed by atoms with Crippen molar-refractivity contribution in [2.45, 2.75) is 11.5 Å². The van der Waals surface area contributed by atoms with E-state index in [2.05, 4.69) is 104 Å². The molecule has 2 atom stereocenters. The average Bonchev–Trinajstić information content (AvgIpc) is 2.54. The number of hydrogen-bond acceptors (Lipinski definition) is 3. The molecule has 1 saturated heterocycles. The zero-order valence-electron chi connectivity index (χ0n) is 12.7. The van der Waals surface area contributed by atoms with Crippen molar-refractivity contribution in [2.75, 3.05) is 14.1 Å². The van der Waals surface area contributed by atoms with Crippen molar-refractivity contribution in [3.05, 3.63) is 68.6 Å². The van der Waals surface area contributed by atoms with Gasteiger partial charge in [-0.3, -0.25) is 4.90 Å². The highest BCUT2D eigenvalue weighted by molar-refractivity contribution is 9.10. The van der Waals surface area contributed by atoms with Crippen LogP contribution < -0.4 is 0 Å². The first-order valence-electron chi connectivity index (χ1n) is 7.13. The molecule has 0 spiro atoms. The van der Waals surface area contributed by atoms with Crippen LogP contribution in [0.3, 0.4) is 0 Å². The Kier molecular flexibility index (Phi) is 5.48. The summed E-state index contributed by atoms with van der Waals surface area (Å²) in [6.07, 6.45) is 0.130. The van der Waals surface area contributed by atoms with Gasteiger partial charge in [0.2, 0.25) is 0 Å². The van der Waals surface area contributed by atoms with Crippen LogP contribution in [0.1, 0.15) is 22.7 Å². The van der Waals surface area contributed by atoms with Crippen molar-refractivity contribution < 1.29 is 0 Å². The van der Waals surface area contributed by atoms with Crippen LogP contribution in [0.25, 0.3) is 0 Å². The lowest BCUT2D eigenvalue weighted by Crippen LogP contribution is -2.45. The van der Waals surface area contributed by atoms with Gasteiger partial charge in [-0.05, 0) is 42.4 Å². The molecule has 23 heavy (non-hydrogen) atoms. The second-order valence-corrected chi connectivity index (χ2v) is 9.03. The molecule has 3 rings (SSSR count).